The zero-order chi connectivity index (χ0) is 14.2. The maximum Gasteiger partial charge on any atom is 0.122 e. The number of aromatic nitrogens is 2. The molecule has 4 rings (SSSR count). The van der Waals surface area contributed by atoms with E-state index < -0.39 is 6.10 Å². The third-order valence-electron chi connectivity index (χ3n) is 3.84. The first-order valence-electron chi connectivity index (χ1n) is 6.95. The molecule has 21 heavy (non-hydrogen) atoms. The Morgan fingerprint density at radius 3 is 2.62 bits per heavy atom. The molecule has 0 amide bonds. The van der Waals surface area contributed by atoms with E-state index in [1.807, 2.05) is 36.4 Å². The first-order valence-corrected chi connectivity index (χ1v) is 6.95. The molecule has 1 aliphatic heterocycles. The summed E-state index contributed by atoms with van der Waals surface area (Å²) in [6.07, 6.45) is 3.56. The number of aliphatic hydroxyl groups is 1. The fourth-order valence-corrected chi connectivity index (χ4v) is 2.72. The molecule has 1 unspecified atom stereocenters. The van der Waals surface area contributed by atoms with Crippen LogP contribution in [-0.4, -0.2) is 21.7 Å². The molecule has 0 radical (unpaired) electrons. The normalized spacial score (nSPS) is 14.7. The minimum absolute atomic E-state index is 0.665. The second kappa shape index (κ2) is 4.82. The lowest BCUT2D eigenvalue weighted by molar-refractivity contribution is 0.220. The molecule has 0 spiro atoms. The fraction of sp³-hybridized carbons (Fsp3) is 0.176. The number of hydrogen-bond acceptors (Lipinski definition) is 4. The SMILES string of the molecule is OC(c1ccc2c(c1)CCO2)c1ccc2nccnc2c1. The Balaban J connectivity index is 1.73. The van der Waals surface area contributed by atoms with Crippen molar-refractivity contribution in [2.75, 3.05) is 6.61 Å². The number of benzene rings is 2. The van der Waals surface area contributed by atoms with E-state index in [2.05, 4.69) is 9.97 Å². The summed E-state index contributed by atoms with van der Waals surface area (Å²) in [5, 5.41) is 10.6. The predicted molar refractivity (Wildman–Crippen MR) is 79.2 cm³/mol. The Bertz CT molecular complexity index is 817. The van der Waals surface area contributed by atoms with Gasteiger partial charge in [0.05, 0.1) is 17.6 Å². The number of rotatable bonds is 2. The lowest BCUT2D eigenvalue weighted by Crippen LogP contribution is -2.00. The lowest BCUT2D eigenvalue weighted by Gasteiger charge is -2.13. The molecular weight excluding hydrogens is 264 g/mol. The molecule has 0 fully saturated rings. The van der Waals surface area contributed by atoms with Gasteiger partial charge in [0.2, 0.25) is 0 Å². The average molecular weight is 278 g/mol. The van der Waals surface area contributed by atoms with Crippen molar-refractivity contribution < 1.29 is 9.84 Å². The van der Waals surface area contributed by atoms with Gasteiger partial charge in [-0.2, -0.15) is 0 Å². The molecule has 0 saturated carbocycles. The van der Waals surface area contributed by atoms with Crippen LogP contribution in [0.2, 0.25) is 0 Å². The molecule has 0 aliphatic carbocycles. The number of aliphatic hydroxyl groups excluding tert-OH is 1. The van der Waals surface area contributed by atoms with Crippen molar-refractivity contribution in [3.05, 3.63) is 65.5 Å². The molecule has 1 aromatic heterocycles. The van der Waals surface area contributed by atoms with Crippen molar-refractivity contribution >= 4 is 11.0 Å². The highest BCUT2D eigenvalue weighted by Crippen LogP contribution is 2.31. The van der Waals surface area contributed by atoms with E-state index in [0.717, 1.165) is 46.5 Å². The van der Waals surface area contributed by atoms with E-state index in [4.69, 9.17) is 4.74 Å². The van der Waals surface area contributed by atoms with Crippen molar-refractivity contribution in [3.8, 4) is 5.75 Å². The summed E-state index contributed by atoms with van der Waals surface area (Å²) in [4.78, 5) is 8.52. The highest BCUT2D eigenvalue weighted by Gasteiger charge is 2.17. The summed E-state index contributed by atoms with van der Waals surface area (Å²) in [5.74, 6) is 0.926. The van der Waals surface area contributed by atoms with Gasteiger partial charge in [-0.15, -0.1) is 0 Å². The quantitative estimate of drug-likeness (QED) is 0.783. The molecule has 4 heteroatoms. The van der Waals surface area contributed by atoms with Gasteiger partial charge in [-0.1, -0.05) is 12.1 Å². The second-order valence-electron chi connectivity index (χ2n) is 5.17. The van der Waals surface area contributed by atoms with Crippen LogP contribution in [0.5, 0.6) is 5.75 Å². The van der Waals surface area contributed by atoms with Crippen LogP contribution in [0.4, 0.5) is 0 Å². The molecule has 4 nitrogen and oxygen atoms in total. The Hall–Kier alpha value is -2.46. The third kappa shape index (κ3) is 2.14. The number of nitrogens with zero attached hydrogens (tertiary/aromatic N) is 2. The molecule has 1 atom stereocenters. The highest BCUT2D eigenvalue weighted by molar-refractivity contribution is 5.74. The van der Waals surface area contributed by atoms with Crippen LogP contribution in [0.3, 0.4) is 0 Å². The van der Waals surface area contributed by atoms with Gasteiger partial charge in [-0.3, -0.25) is 9.97 Å². The van der Waals surface area contributed by atoms with E-state index in [0.29, 0.717) is 0 Å². The summed E-state index contributed by atoms with van der Waals surface area (Å²) in [6.45, 7) is 0.723. The Labute approximate surface area is 122 Å². The standard InChI is InChI=1S/C17H14N2O2/c20-17(12-2-4-16-11(9-12)5-8-21-16)13-1-3-14-15(10-13)19-7-6-18-14/h1-4,6-7,9-10,17,20H,5,8H2. The van der Waals surface area contributed by atoms with Gasteiger partial charge in [0.1, 0.15) is 11.9 Å². The zero-order valence-electron chi connectivity index (χ0n) is 11.4. The highest BCUT2D eigenvalue weighted by atomic mass is 16.5. The topological polar surface area (TPSA) is 55.2 Å². The second-order valence-corrected chi connectivity index (χ2v) is 5.17. The average Bonchev–Trinajstić information content (AvgIpc) is 3.01. The maximum atomic E-state index is 10.6. The van der Waals surface area contributed by atoms with Crippen LogP contribution in [0.25, 0.3) is 11.0 Å². The van der Waals surface area contributed by atoms with E-state index >= 15 is 0 Å². The van der Waals surface area contributed by atoms with Gasteiger partial charge in [-0.05, 0) is 41.0 Å². The smallest absolute Gasteiger partial charge is 0.122 e. The van der Waals surface area contributed by atoms with Crippen molar-refractivity contribution in [2.45, 2.75) is 12.5 Å². The van der Waals surface area contributed by atoms with Crippen LogP contribution in [-0.2, 0) is 6.42 Å². The zero-order valence-corrected chi connectivity index (χ0v) is 11.4. The van der Waals surface area contributed by atoms with E-state index in [1.54, 1.807) is 12.4 Å². The van der Waals surface area contributed by atoms with E-state index in [9.17, 15) is 5.11 Å². The Kier molecular flexibility index (Phi) is 2.82. The van der Waals surface area contributed by atoms with Gasteiger partial charge in [0.25, 0.3) is 0 Å². The fourth-order valence-electron chi connectivity index (χ4n) is 2.72. The van der Waals surface area contributed by atoms with Crippen LogP contribution < -0.4 is 4.74 Å². The summed E-state index contributed by atoms with van der Waals surface area (Å²) in [7, 11) is 0. The summed E-state index contributed by atoms with van der Waals surface area (Å²) < 4.78 is 5.50. The van der Waals surface area contributed by atoms with Crippen molar-refractivity contribution in [2.24, 2.45) is 0 Å². The predicted octanol–water partition coefficient (Wildman–Crippen LogP) is 2.65. The van der Waals surface area contributed by atoms with Gasteiger partial charge < -0.3 is 9.84 Å². The van der Waals surface area contributed by atoms with E-state index in [-0.39, 0.29) is 0 Å². The number of ether oxygens (including phenoxy) is 1. The molecule has 104 valence electrons. The molecule has 3 aromatic rings. The molecule has 1 N–H and O–H groups in total. The van der Waals surface area contributed by atoms with Crippen LogP contribution in [0, 0.1) is 0 Å². The molecule has 2 heterocycles. The number of fused-ring (bicyclic) bond motifs is 2. The summed E-state index contributed by atoms with van der Waals surface area (Å²) >= 11 is 0. The first-order chi connectivity index (χ1) is 10.3. The van der Waals surface area contributed by atoms with Gasteiger partial charge in [0, 0.05) is 18.8 Å². The molecule has 1 aliphatic rings. The molecule has 2 aromatic carbocycles. The first kappa shape index (κ1) is 12.3. The largest absolute Gasteiger partial charge is 0.493 e. The van der Waals surface area contributed by atoms with Crippen molar-refractivity contribution in [1.82, 2.24) is 9.97 Å². The summed E-state index contributed by atoms with van der Waals surface area (Å²) in [5.41, 5.74) is 4.48. The maximum absolute atomic E-state index is 10.6. The van der Waals surface area contributed by atoms with Crippen molar-refractivity contribution in [1.29, 1.82) is 0 Å². The van der Waals surface area contributed by atoms with Crippen LogP contribution >= 0.6 is 0 Å². The van der Waals surface area contributed by atoms with Crippen molar-refractivity contribution in [3.63, 3.8) is 0 Å². The minimum Gasteiger partial charge on any atom is -0.493 e. The molecule has 0 saturated heterocycles. The van der Waals surface area contributed by atoms with Crippen LogP contribution in [0.1, 0.15) is 22.8 Å². The van der Waals surface area contributed by atoms with Gasteiger partial charge in [0.15, 0.2) is 0 Å². The minimum atomic E-state index is -0.665. The third-order valence-corrected chi connectivity index (χ3v) is 3.84. The summed E-state index contributed by atoms with van der Waals surface area (Å²) in [6, 6.07) is 11.5. The monoisotopic (exact) mass is 278 g/mol. The van der Waals surface area contributed by atoms with E-state index in [1.165, 1.54) is 0 Å². The van der Waals surface area contributed by atoms with Gasteiger partial charge >= 0.3 is 0 Å². The molecule has 0 bridgehead atoms. The Morgan fingerprint density at radius 1 is 0.952 bits per heavy atom. The molecular formula is C17H14N2O2. The van der Waals surface area contributed by atoms with Gasteiger partial charge in [-0.25, -0.2) is 0 Å². The Morgan fingerprint density at radius 2 is 1.71 bits per heavy atom. The lowest BCUT2D eigenvalue weighted by atomic mass is 9.98. The number of hydrogen-bond donors (Lipinski definition) is 1. The van der Waals surface area contributed by atoms with Crippen LogP contribution in [0.15, 0.2) is 48.8 Å².